The van der Waals surface area contributed by atoms with Crippen molar-refractivity contribution in [3.05, 3.63) is 29.8 Å². The molecule has 3 heteroatoms. The van der Waals surface area contributed by atoms with Crippen LogP contribution >= 0.6 is 0 Å². The number of likely N-dealkylation sites (tertiary alicyclic amines) is 1. The Balaban J connectivity index is 1.85. The molecule has 1 aromatic rings. The van der Waals surface area contributed by atoms with Crippen LogP contribution in [0.2, 0.25) is 0 Å². The number of hydrogen-bond acceptors (Lipinski definition) is 3. The van der Waals surface area contributed by atoms with Gasteiger partial charge in [0.1, 0.15) is 12.4 Å². The lowest BCUT2D eigenvalue weighted by atomic mass is 10.0. The van der Waals surface area contributed by atoms with Crippen LogP contribution in [0.1, 0.15) is 37.8 Å². The zero-order chi connectivity index (χ0) is 13.7. The van der Waals surface area contributed by atoms with E-state index in [0.717, 1.165) is 12.4 Å². The van der Waals surface area contributed by atoms with Gasteiger partial charge in [-0.05, 0) is 58.1 Å². The van der Waals surface area contributed by atoms with Crippen LogP contribution in [0.15, 0.2) is 24.3 Å². The maximum absolute atomic E-state index is 5.92. The predicted octanol–water partition coefficient (Wildman–Crippen LogP) is 2.83. The Bertz CT molecular complexity index is 377. The molecule has 2 rings (SSSR count). The molecular formula is C16H26N2O. The van der Waals surface area contributed by atoms with Crippen molar-refractivity contribution in [2.24, 2.45) is 0 Å². The summed E-state index contributed by atoms with van der Waals surface area (Å²) in [6.45, 7) is 4.16. The van der Waals surface area contributed by atoms with Crippen molar-refractivity contribution < 1.29 is 4.74 Å². The average molecular weight is 262 g/mol. The fourth-order valence-corrected chi connectivity index (χ4v) is 2.57. The second kappa shape index (κ2) is 6.92. The molecule has 1 N–H and O–H groups in total. The van der Waals surface area contributed by atoms with Gasteiger partial charge in [0, 0.05) is 12.1 Å². The topological polar surface area (TPSA) is 24.5 Å². The van der Waals surface area contributed by atoms with Gasteiger partial charge in [-0.1, -0.05) is 18.6 Å². The van der Waals surface area contributed by atoms with E-state index in [9.17, 15) is 0 Å². The van der Waals surface area contributed by atoms with E-state index in [-0.39, 0.29) is 0 Å². The molecular weight excluding hydrogens is 236 g/mol. The van der Waals surface area contributed by atoms with Crippen LogP contribution in [-0.2, 0) is 0 Å². The van der Waals surface area contributed by atoms with Gasteiger partial charge in [-0.2, -0.15) is 0 Å². The normalized spacial score (nSPS) is 22.2. The SMILES string of the molecule is CNC(C)c1ccc(OCC2CCCCN2C)cc1. The minimum absolute atomic E-state index is 0.388. The molecule has 2 unspecified atom stereocenters. The molecule has 1 aliphatic heterocycles. The molecule has 0 aromatic heterocycles. The summed E-state index contributed by atoms with van der Waals surface area (Å²) in [4.78, 5) is 2.42. The number of likely N-dealkylation sites (N-methyl/N-ethyl adjacent to an activating group) is 1. The predicted molar refractivity (Wildman–Crippen MR) is 79.7 cm³/mol. The first-order valence-electron chi connectivity index (χ1n) is 7.31. The van der Waals surface area contributed by atoms with Crippen LogP contribution in [0.4, 0.5) is 0 Å². The maximum atomic E-state index is 5.92. The largest absolute Gasteiger partial charge is 0.492 e. The molecule has 0 bridgehead atoms. The molecule has 19 heavy (non-hydrogen) atoms. The second-order valence-electron chi connectivity index (χ2n) is 5.52. The van der Waals surface area contributed by atoms with E-state index in [0.29, 0.717) is 12.1 Å². The lowest BCUT2D eigenvalue weighted by molar-refractivity contribution is 0.125. The third-order valence-corrected chi connectivity index (χ3v) is 4.18. The van der Waals surface area contributed by atoms with Gasteiger partial charge in [0.05, 0.1) is 0 Å². The molecule has 0 saturated carbocycles. The molecule has 106 valence electrons. The minimum Gasteiger partial charge on any atom is -0.492 e. The van der Waals surface area contributed by atoms with E-state index >= 15 is 0 Å². The first-order chi connectivity index (χ1) is 9.20. The first kappa shape index (κ1) is 14.4. The molecule has 1 aromatic carbocycles. The Morgan fingerprint density at radius 1 is 1.32 bits per heavy atom. The van der Waals surface area contributed by atoms with E-state index in [1.165, 1.54) is 31.4 Å². The van der Waals surface area contributed by atoms with E-state index < -0.39 is 0 Å². The Morgan fingerprint density at radius 2 is 2.05 bits per heavy atom. The van der Waals surface area contributed by atoms with E-state index in [1.54, 1.807) is 0 Å². The summed E-state index contributed by atoms with van der Waals surface area (Å²) in [6, 6.07) is 9.39. The lowest BCUT2D eigenvalue weighted by Crippen LogP contribution is -2.40. The highest BCUT2D eigenvalue weighted by Gasteiger charge is 2.19. The van der Waals surface area contributed by atoms with Crippen LogP contribution in [0.5, 0.6) is 5.75 Å². The van der Waals surface area contributed by atoms with Crippen LogP contribution < -0.4 is 10.1 Å². The highest BCUT2D eigenvalue weighted by atomic mass is 16.5. The molecule has 0 aliphatic carbocycles. The zero-order valence-corrected chi connectivity index (χ0v) is 12.4. The molecule has 1 heterocycles. The minimum atomic E-state index is 0.388. The smallest absolute Gasteiger partial charge is 0.119 e. The monoisotopic (exact) mass is 262 g/mol. The number of ether oxygens (including phenoxy) is 1. The molecule has 3 nitrogen and oxygen atoms in total. The number of rotatable bonds is 5. The zero-order valence-electron chi connectivity index (χ0n) is 12.4. The van der Waals surface area contributed by atoms with Gasteiger partial charge in [-0.15, -0.1) is 0 Å². The van der Waals surface area contributed by atoms with Crippen LogP contribution in [0.25, 0.3) is 0 Å². The van der Waals surface area contributed by atoms with Gasteiger partial charge in [-0.25, -0.2) is 0 Å². The molecule has 2 atom stereocenters. The molecule has 0 amide bonds. The number of benzene rings is 1. The van der Waals surface area contributed by atoms with Gasteiger partial charge in [-0.3, -0.25) is 0 Å². The fraction of sp³-hybridized carbons (Fsp3) is 0.625. The average Bonchev–Trinajstić information content (AvgIpc) is 2.46. The molecule has 1 aliphatic rings. The Hall–Kier alpha value is -1.06. The van der Waals surface area contributed by atoms with Crippen molar-refractivity contribution >= 4 is 0 Å². The van der Waals surface area contributed by atoms with Crippen molar-refractivity contribution in [3.8, 4) is 5.75 Å². The van der Waals surface area contributed by atoms with Crippen molar-refractivity contribution in [1.82, 2.24) is 10.2 Å². The van der Waals surface area contributed by atoms with Crippen molar-refractivity contribution in [1.29, 1.82) is 0 Å². The Labute approximate surface area is 116 Å². The number of nitrogens with one attached hydrogen (secondary N) is 1. The summed E-state index contributed by atoms with van der Waals surface area (Å²) in [5.74, 6) is 0.978. The summed E-state index contributed by atoms with van der Waals surface area (Å²) in [7, 11) is 4.18. The van der Waals surface area contributed by atoms with Gasteiger partial charge >= 0.3 is 0 Å². The van der Waals surface area contributed by atoms with Crippen molar-refractivity contribution in [2.75, 3.05) is 27.2 Å². The Kier molecular flexibility index (Phi) is 5.23. The number of hydrogen-bond donors (Lipinski definition) is 1. The summed E-state index contributed by atoms with van der Waals surface area (Å²) in [6.07, 6.45) is 3.91. The van der Waals surface area contributed by atoms with Crippen LogP contribution in [0.3, 0.4) is 0 Å². The number of piperidine rings is 1. The number of nitrogens with zero attached hydrogens (tertiary/aromatic N) is 1. The summed E-state index contributed by atoms with van der Waals surface area (Å²) < 4.78 is 5.92. The van der Waals surface area contributed by atoms with Gasteiger partial charge in [0.15, 0.2) is 0 Å². The van der Waals surface area contributed by atoms with E-state index in [1.807, 2.05) is 7.05 Å². The maximum Gasteiger partial charge on any atom is 0.119 e. The molecule has 1 saturated heterocycles. The fourth-order valence-electron chi connectivity index (χ4n) is 2.57. The van der Waals surface area contributed by atoms with Gasteiger partial charge in [0.2, 0.25) is 0 Å². The molecule has 0 radical (unpaired) electrons. The molecule has 1 fully saturated rings. The highest BCUT2D eigenvalue weighted by molar-refractivity contribution is 5.28. The third kappa shape index (κ3) is 3.95. The third-order valence-electron chi connectivity index (χ3n) is 4.18. The van der Waals surface area contributed by atoms with Crippen LogP contribution in [-0.4, -0.2) is 38.2 Å². The van der Waals surface area contributed by atoms with Crippen molar-refractivity contribution in [3.63, 3.8) is 0 Å². The first-order valence-corrected chi connectivity index (χ1v) is 7.31. The summed E-state index contributed by atoms with van der Waals surface area (Å²) in [5.41, 5.74) is 1.30. The van der Waals surface area contributed by atoms with Crippen molar-refractivity contribution in [2.45, 2.75) is 38.3 Å². The standard InChI is InChI=1S/C16H26N2O/c1-13(17-2)14-7-9-16(10-8-14)19-12-15-6-4-5-11-18(15)3/h7-10,13,15,17H,4-6,11-12H2,1-3H3. The van der Waals surface area contributed by atoms with E-state index in [2.05, 4.69) is 48.5 Å². The summed E-state index contributed by atoms with van der Waals surface area (Å²) >= 11 is 0. The molecule has 0 spiro atoms. The van der Waals surface area contributed by atoms with Crippen LogP contribution in [0, 0.1) is 0 Å². The summed E-state index contributed by atoms with van der Waals surface area (Å²) in [5, 5.41) is 3.24. The van der Waals surface area contributed by atoms with E-state index in [4.69, 9.17) is 4.74 Å². The van der Waals surface area contributed by atoms with Gasteiger partial charge < -0.3 is 15.0 Å². The Morgan fingerprint density at radius 3 is 2.68 bits per heavy atom. The highest BCUT2D eigenvalue weighted by Crippen LogP contribution is 2.19. The quantitative estimate of drug-likeness (QED) is 0.883. The van der Waals surface area contributed by atoms with Gasteiger partial charge in [0.25, 0.3) is 0 Å². The lowest BCUT2D eigenvalue weighted by Gasteiger charge is -2.32. The second-order valence-corrected chi connectivity index (χ2v) is 5.52.